The largest absolute Gasteiger partial charge is 0.480 e. The van der Waals surface area contributed by atoms with E-state index in [-0.39, 0.29) is 5.91 Å². The number of nitrogens with zero attached hydrogens (tertiary/aromatic N) is 1. The van der Waals surface area contributed by atoms with E-state index in [1.165, 1.54) is 0 Å². The molecule has 24 heavy (non-hydrogen) atoms. The fourth-order valence-electron chi connectivity index (χ4n) is 2.75. The third-order valence-corrected chi connectivity index (χ3v) is 4.14. The van der Waals surface area contributed by atoms with Crippen molar-refractivity contribution in [2.45, 2.75) is 19.4 Å². The molecule has 0 aliphatic rings. The second-order valence-electron chi connectivity index (χ2n) is 5.72. The number of carbonyl (C=O) groups excluding carboxylic acids is 1. The summed E-state index contributed by atoms with van der Waals surface area (Å²) in [6, 6.07) is 23.6. The quantitative estimate of drug-likeness (QED) is 0.684. The van der Waals surface area contributed by atoms with Crippen LogP contribution in [0.25, 0.3) is 10.8 Å². The number of hydrogen-bond acceptors (Lipinski definition) is 2. The van der Waals surface area contributed by atoms with Gasteiger partial charge in [-0.15, -0.1) is 0 Å². The fourth-order valence-corrected chi connectivity index (χ4v) is 2.75. The zero-order valence-corrected chi connectivity index (χ0v) is 14.0. The highest BCUT2D eigenvalue weighted by Gasteiger charge is 2.23. The lowest BCUT2D eigenvalue weighted by atomic mass is 10.1. The average Bonchev–Trinajstić information content (AvgIpc) is 2.65. The molecular formula is C21H21NO2. The van der Waals surface area contributed by atoms with Crippen LogP contribution in [0.5, 0.6) is 5.75 Å². The minimum atomic E-state index is -0.513. The van der Waals surface area contributed by atoms with Crippen molar-refractivity contribution in [3.63, 3.8) is 0 Å². The number of rotatable bonds is 5. The first-order valence-electron chi connectivity index (χ1n) is 8.17. The third-order valence-electron chi connectivity index (χ3n) is 4.14. The van der Waals surface area contributed by atoms with Gasteiger partial charge in [-0.25, -0.2) is 0 Å². The van der Waals surface area contributed by atoms with E-state index in [0.717, 1.165) is 22.2 Å². The van der Waals surface area contributed by atoms with Crippen LogP contribution < -0.4 is 9.64 Å². The standard InChI is InChI=1S/C21H21NO2/c1-3-19(21(23)22(2)17-12-5-4-6-13-17)24-20-15-9-11-16-10-7-8-14-18(16)20/h4-15,19H,3H2,1-2H3. The van der Waals surface area contributed by atoms with Crippen LogP contribution in [0.3, 0.4) is 0 Å². The van der Waals surface area contributed by atoms with Crippen LogP contribution in [-0.4, -0.2) is 19.1 Å². The summed E-state index contributed by atoms with van der Waals surface area (Å²) in [4.78, 5) is 14.5. The molecule has 0 saturated carbocycles. The summed E-state index contributed by atoms with van der Waals surface area (Å²) < 4.78 is 6.09. The molecule has 3 aromatic rings. The number of anilines is 1. The summed E-state index contributed by atoms with van der Waals surface area (Å²) in [6.07, 6.45) is 0.0974. The molecule has 0 spiro atoms. The number of amides is 1. The molecule has 3 heteroatoms. The first-order valence-corrected chi connectivity index (χ1v) is 8.17. The zero-order valence-electron chi connectivity index (χ0n) is 14.0. The number of carbonyl (C=O) groups is 1. The van der Waals surface area contributed by atoms with Crippen molar-refractivity contribution in [1.82, 2.24) is 0 Å². The molecular weight excluding hydrogens is 298 g/mol. The molecule has 3 nitrogen and oxygen atoms in total. The van der Waals surface area contributed by atoms with Gasteiger partial charge in [0.2, 0.25) is 0 Å². The number of ether oxygens (including phenoxy) is 1. The molecule has 1 unspecified atom stereocenters. The Morgan fingerprint density at radius 3 is 2.38 bits per heavy atom. The molecule has 122 valence electrons. The number of para-hydroxylation sites is 1. The summed E-state index contributed by atoms with van der Waals surface area (Å²) in [5.74, 6) is 0.700. The minimum Gasteiger partial charge on any atom is -0.480 e. The van der Waals surface area contributed by atoms with Crippen molar-refractivity contribution in [3.8, 4) is 5.75 Å². The lowest BCUT2D eigenvalue weighted by Crippen LogP contribution is -2.39. The summed E-state index contributed by atoms with van der Waals surface area (Å²) in [5.41, 5.74) is 0.863. The first-order chi connectivity index (χ1) is 11.7. The van der Waals surface area contributed by atoms with Gasteiger partial charge in [0, 0.05) is 18.1 Å². The third kappa shape index (κ3) is 3.25. The van der Waals surface area contributed by atoms with Crippen LogP contribution in [-0.2, 0) is 4.79 Å². The van der Waals surface area contributed by atoms with E-state index >= 15 is 0 Å². The minimum absolute atomic E-state index is 0.0448. The molecule has 0 heterocycles. The Labute approximate surface area is 142 Å². The number of hydrogen-bond donors (Lipinski definition) is 0. The Hall–Kier alpha value is -2.81. The summed E-state index contributed by atoms with van der Waals surface area (Å²) in [5, 5.41) is 2.13. The number of fused-ring (bicyclic) bond motifs is 1. The fraction of sp³-hybridized carbons (Fsp3) is 0.190. The normalized spacial score (nSPS) is 11.9. The van der Waals surface area contributed by atoms with Gasteiger partial charge in [0.15, 0.2) is 6.10 Å². The van der Waals surface area contributed by atoms with Crippen LogP contribution in [0.2, 0.25) is 0 Å². The van der Waals surface area contributed by atoms with Crippen molar-refractivity contribution in [1.29, 1.82) is 0 Å². The van der Waals surface area contributed by atoms with Gasteiger partial charge < -0.3 is 9.64 Å². The molecule has 0 radical (unpaired) electrons. The van der Waals surface area contributed by atoms with Crippen LogP contribution >= 0.6 is 0 Å². The van der Waals surface area contributed by atoms with Crippen LogP contribution in [0.15, 0.2) is 72.8 Å². The molecule has 0 saturated heterocycles. The molecule has 1 atom stereocenters. The maximum absolute atomic E-state index is 12.8. The van der Waals surface area contributed by atoms with Gasteiger partial charge in [0.05, 0.1) is 0 Å². The van der Waals surface area contributed by atoms with E-state index in [4.69, 9.17) is 4.74 Å². The van der Waals surface area contributed by atoms with Gasteiger partial charge in [0.1, 0.15) is 5.75 Å². The molecule has 1 amide bonds. The van der Waals surface area contributed by atoms with Crippen LogP contribution in [0.4, 0.5) is 5.69 Å². The number of benzene rings is 3. The van der Waals surface area contributed by atoms with E-state index in [1.807, 2.05) is 79.7 Å². The topological polar surface area (TPSA) is 29.5 Å². The maximum Gasteiger partial charge on any atom is 0.267 e. The number of likely N-dealkylation sites (N-methyl/N-ethyl adjacent to an activating group) is 1. The molecule has 0 bridgehead atoms. The highest BCUT2D eigenvalue weighted by Crippen LogP contribution is 2.27. The Bertz CT molecular complexity index is 824. The second-order valence-corrected chi connectivity index (χ2v) is 5.72. The van der Waals surface area contributed by atoms with Gasteiger partial charge in [-0.3, -0.25) is 4.79 Å². The Morgan fingerprint density at radius 2 is 1.62 bits per heavy atom. The predicted octanol–water partition coefficient (Wildman–Crippen LogP) is 4.66. The van der Waals surface area contributed by atoms with Crippen molar-refractivity contribution in [2.24, 2.45) is 0 Å². The second kappa shape index (κ2) is 7.18. The van der Waals surface area contributed by atoms with Gasteiger partial charge in [-0.1, -0.05) is 61.5 Å². The van der Waals surface area contributed by atoms with Crippen molar-refractivity contribution >= 4 is 22.4 Å². The van der Waals surface area contributed by atoms with Crippen molar-refractivity contribution in [3.05, 3.63) is 72.8 Å². The van der Waals surface area contributed by atoms with E-state index in [2.05, 4.69) is 0 Å². The zero-order chi connectivity index (χ0) is 16.9. The van der Waals surface area contributed by atoms with Crippen molar-refractivity contribution < 1.29 is 9.53 Å². The van der Waals surface area contributed by atoms with Crippen LogP contribution in [0, 0.1) is 0 Å². The molecule has 0 N–H and O–H groups in total. The molecule has 3 rings (SSSR count). The summed E-state index contributed by atoms with van der Waals surface area (Å²) >= 11 is 0. The highest BCUT2D eigenvalue weighted by molar-refractivity contribution is 5.96. The average molecular weight is 319 g/mol. The van der Waals surface area contributed by atoms with Gasteiger partial charge >= 0.3 is 0 Å². The van der Waals surface area contributed by atoms with E-state index in [0.29, 0.717) is 6.42 Å². The van der Waals surface area contributed by atoms with E-state index in [9.17, 15) is 4.79 Å². The predicted molar refractivity (Wildman–Crippen MR) is 98.5 cm³/mol. The van der Waals surface area contributed by atoms with Gasteiger partial charge in [-0.2, -0.15) is 0 Å². The maximum atomic E-state index is 12.8. The lowest BCUT2D eigenvalue weighted by molar-refractivity contribution is -0.125. The van der Waals surface area contributed by atoms with Crippen LogP contribution in [0.1, 0.15) is 13.3 Å². The molecule has 0 fully saturated rings. The SMILES string of the molecule is CCC(Oc1cccc2ccccc12)C(=O)N(C)c1ccccc1. The lowest BCUT2D eigenvalue weighted by Gasteiger charge is -2.24. The summed E-state index contributed by atoms with van der Waals surface area (Å²) in [7, 11) is 1.78. The van der Waals surface area contributed by atoms with Gasteiger partial charge in [-0.05, 0) is 30.0 Å². The molecule has 0 aliphatic heterocycles. The monoisotopic (exact) mass is 319 g/mol. The molecule has 0 aromatic heterocycles. The molecule has 3 aromatic carbocycles. The Morgan fingerprint density at radius 1 is 0.958 bits per heavy atom. The smallest absolute Gasteiger partial charge is 0.267 e. The first kappa shape index (κ1) is 16.1. The van der Waals surface area contributed by atoms with Gasteiger partial charge in [0.25, 0.3) is 5.91 Å². The van der Waals surface area contributed by atoms with Crippen molar-refractivity contribution in [2.75, 3.05) is 11.9 Å². The Balaban J connectivity index is 1.85. The van der Waals surface area contributed by atoms with E-state index < -0.39 is 6.10 Å². The Kier molecular flexibility index (Phi) is 4.80. The van der Waals surface area contributed by atoms with E-state index in [1.54, 1.807) is 11.9 Å². The molecule has 0 aliphatic carbocycles. The highest BCUT2D eigenvalue weighted by atomic mass is 16.5. The summed E-state index contributed by atoms with van der Waals surface area (Å²) in [6.45, 7) is 1.96.